The van der Waals surface area contributed by atoms with E-state index in [2.05, 4.69) is 20.6 Å². The smallest absolute Gasteiger partial charge is 0.416 e. The van der Waals surface area contributed by atoms with Gasteiger partial charge in [0.1, 0.15) is 11.6 Å². The van der Waals surface area contributed by atoms with Gasteiger partial charge in [0.2, 0.25) is 0 Å². The van der Waals surface area contributed by atoms with Crippen molar-refractivity contribution in [3.8, 4) is 22.4 Å². The maximum Gasteiger partial charge on any atom is 0.416 e. The van der Waals surface area contributed by atoms with Gasteiger partial charge in [-0.05, 0) is 53.4 Å². The minimum atomic E-state index is -4.49. The third-order valence-electron chi connectivity index (χ3n) is 5.19. The van der Waals surface area contributed by atoms with E-state index in [1.165, 1.54) is 0 Å². The Balaban J connectivity index is 1.71. The zero-order chi connectivity index (χ0) is 24.8. The summed E-state index contributed by atoms with van der Waals surface area (Å²) in [5, 5.41) is 14.0. The van der Waals surface area contributed by atoms with E-state index < -0.39 is 17.8 Å². The number of hydrogen-bond acceptors (Lipinski definition) is 4. The molecule has 0 saturated heterocycles. The first-order chi connectivity index (χ1) is 16.8. The Morgan fingerprint density at radius 2 is 1.63 bits per heavy atom. The van der Waals surface area contributed by atoms with Crippen molar-refractivity contribution >= 4 is 17.7 Å². The lowest BCUT2D eigenvalue weighted by atomic mass is 10.0. The van der Waals surface area contributed by atoms with E-state index in [9.17, 15) is 18.0 Å². The number of carboxylic acid groups (broad SMARTS) is 1. The third-order valence-corrected chi connectivity index (χ3v) is 5.19. The lowest BCUT2D eigenvalue weighted by Crippen LogP contribution is -2.23. The molecule has 0 atom stereocenters. The van der Waals surface area contributed by atoms with Crippen LogP contribution in [0, 0.1) is 0 Å². The van der Waals surface area contributed by atoms with Crippen LogP contribution in [0.1, 0.15) is 11.1 Å². The molecule has 35 heavy (non-hydrogen) atoms. The van der Waals surface area contributed by atoms with Crippen LogP contribution in [-0.2, 0) is 12.6 Å². The lowest BCUT2D eigenvalue weighted by molar-refractivity contribution is -0.137. The molecule has 0 aliphatic carbocycles. The van der Waals surface area contributed by atoms with Crippen LogP contribution in [-0.4, -0.2) is 27.7 Å². The topological polar surface area (TPSA) is 87.1 Å². The highest BCUT2D eigenvalue weighted by molar-refractivity contribution is 5.75. The van der Waals surface area contributed by atoms with Crippen molar-refractivity contribution in [1.29, 1.82) is 0 Å². The molecule has 0 fully saturated rings. The van der Waals surface area contributed by atoms with Crippen molar-refractivity contribution in [3.63, 3.8) is 0 Å². The van der Waals surface area contributed by atoms with Gasteiger partial charge in [0.15, 0.2) is 0 Å². The van der Waals surface area contributed by atoms with E-state index in [1.807, 2.05) is 60.7 Å². The van der Waals surface area contributed by atoms with Gasteiger partial charge in [0, 0.05) is 18.3 Å². The van der Waals surface area contributed by atoms with Crippen molar-refractivity contribution < 1.29 is 23.1 Å². The van der Waals surface area contributed by atoms with Gasteiger partial charge >= 0.3 is 12.3 Å². The molecule has 3 N–H and O–H groups in total. The van der Waals surface area contributed by atoms with Crippen LogP contribution >= 0.6 is 0 Å². The summed E-state index contributed by atoms with van der Waals surface area (Å²) in [6, 6.07) is 22.6. The second-order valence-corrected chi connectivity index (χ2v) is 7.73. The molecule has 0 bridgehead atoms. The molecule has 9 heteroatoms. The zero-order valence-electron chi connectivity index (χ0n) is 18.4. The largest absolute Gasteiger partial charge is 0.465 e. The molecule has 0 aliphatic heterocycles. The Bertz CT molecular complexity index is 1330. The first-order valence-corrected chi connectivity index (χ1v) is 10.7. The maximum absolute atomic E-state index is 13.1. The van der Waals surface area contributed by atoms with Crippen molar-refractivity contribution in [2.45, 2.75) is 12.6 Å². The number of amides is 1. The van der Waals surface area contributed by atoms with Crippen molar-refractivity contribution in [2.24, 2.45) is 0 Å². The highest BCUT2D eigenvalue weighted by atomic mass is 19.4. The van der Waals surface area contributed by atoms with E-state index >= 15 is 0 Å². The normalized spacial score (nSPS) is 11.2. The van der Waals surface area contributed by atoms with E-state index in [0.717, 1.165) is 40.6 Å². The summed E-state index contributed by atoms with van der Waals surface area (Å²) >= 11 is 0. The summed E-state index contributed by atoms with van der Waals surface area (Å²) in [5.74, 6) is 0.364. The molecule has 178 valence electrons. The lowest BCUT2D eigenvalue weighted by Gasteiger charge is -2.13. The fourth-order valence-corrected chi connectivity index (χ4v) is 3.55. The zero-order valence-corrected chi connectivity index (χ0v) is 18.4. The average Bonchev–Trinajstić information content (AvgIpc) is 2.84. The van der Waals surface area contributed by atoms with E-state index in [0.29, 0.717) is 17.9 Å². The summed E-state index contributed by atoms with van der Waals surface area (Å²) in [5.41, 5.74) is 3.24. The van der Waals surface area contributed by atoms with E-state index in [1.54, 1.807) is 6.07 Å². The average molecular weight is 478 g/mol. The van der Waals surface area contributed by atoms with Gasteiger partial charge in [-0.25, -0.2) is 14.8 Å². The maximum atomic E-state index is 13.1. The molecular weight excluding hydrogens is 457 g/mol. The van der Waals surface area contributed by atoms with Gasteiger partial charge in [0.25, 0.3) is 0 Å². The highest BCUT2D eigenvalue weighted by Gasteiger charge is 2.30. The molecule has 6 nitrogen and oxygen atoms in total. The number of nitrogens with zero attached hydrogens (tertiary/aromatic N) is 2. The Kier molecular flexibility index (Phi) is 6.96. The van der Waals surface area contributed by atoms with Crippen LogP contribution in [0.25, 0.3) is 22.4 Å². The Morgan fingerprint density at radius 3 is 2.37 bits per heavy atom. The fraction of sp³-hybridized carbons (Fsp3) is 0.115. The molecule has 0 spiro atoms. The van der Waals surface area contributed by atoms with E-state index in [-0.39, 0.29) is 12.4 Å². The quantitative estimate of drug-likeness (QED) is 0.287. The number of hydrogen-bond donors (Lipinski definition) is 3. The molecule has 2 heterocycles. The van der Waals surface area contributed by atoms with Crippen LogP contribution < -0.4 is 10.6 Å². The molecule has 2 aromatic carbocycles. The predicted octanol–water partition coefficient (Wildman–Crippen LogP) is 6.38. The number of carbonyl (C=O) groups is 1. The number of alkyl halides is 3. The van der Waals surface area contributed by atoms with Gasteiger partial charge in [0.05, 0.1) is 11.3 Å². The summed E-state index contributed by atoms with van der Waals surface area (Å²) in [7, 11) is 0. The molecule has 0 saturated carbocycles. The summed E-state index contributed by atoms with van der Waals surface area (Å²) in [4.78, 5) is 19.4. The number of pyridine rings is 2. The van der Waals surface area contributed by atoms with Gasteiger partial charge in [-0.2, -0.15) is 13.2 Å². The van der Waals surface area contributed by atoms with Gasteiger partial charge in [-0.15, -0.1) is 0 Å². The van der Waals surface area contributed by atoms with Gasteiger partial charge < -0.3 is 15.7 Å². The second kappa shape index (κ2) is 10.3. The summed E-state index contributed by atoms with van der Waals surface area (Å²) in [6.07, 6.45) is -3.98. The van der Waals surface area contributed by atoms with Crippen LogP contribution in [0.4, 0.5) is 29.6 Å². The molecule has 1 amide bonds. The summed E-state index contributed by atoms with van der Waals surface area (Å²) < 4.78 is 39.4. The Labute approximate surface area is 199 Å². The Morgan fingerprint density at radius 1 is 0.857 bits per heavy atom. The van der Waals surface area contributed by atoms with Crippen molar-refractivity contribution in [1.82, 2.24) is 15.3 Å². The van der Waals surface area contributed by atoms with Crippen molar-refractivity contribution in [2.75, 3.05) is 11.9 Å². The molecule has 4 rings (SSSR count). The number of rotatable bonds is 7. The third kappa shape index (κ3) is 6.35. The number of benzene rings is 2. The standard InChI is InChI=1S/C26H21F3N4O2/c27-26(28,29)21-10-12-30-23(16-21)33-24-15-20(18-6-2-1-3-7-18)14-22(32-24)19-8-4-5-17(13-19)9-11-31-25(34)35/h1-8,10,12-16,31H,9,11H2,(H,34,35)(H,30,32,33). The highest BCUT2D eigenvalue weighted by Crippen LogP contribution is 2.32. The molecule has 4 aromatic rings. The van der Waals surface area contributed by atoms with E-state index in [4.69, 9.17) is 5.11 Å². The van der Waals surface area contributed by atoms with Gasteiger partial charge in [-0.3, -0.25) is 0 Å². The molecular formula is C26H21F3N4O2. The van der Waals surface area contributed by atoms with Crippen LogP contribution in [0.3, 0.4) is 0 Å². The first-order valence-electron chi connectivity index (χ1n) is 10.7. The summed E-state index contributed by atoms with van der Waals surface area (Å²) in [6.45, 7) is 0.268. The predicted molar refractivity (Wildman–Crippen MR) is 127 cm³/mol. The van der Waals surface area contributed by atoms with Crippen LogP contribution in [0.2, 0.25) is 0 Å². The second-order valence-electron chi connectivity index (χ2n) is 7.73. The van der Waals surface area contributed by atoms with Gasteiger partial charge in [-0.1, -0.05) is 48.5 Å². The minimum Gasteiger partial charge on any atom is -0.465 e. The fourth-order valence-electron chi connectivity index (χ4n) is 3.55. The minimum absolute atomic E-state index is 0.0250. The number of anilines is 2. The van der Waals surface area contributed by atoms with Crippen molar-refractivity contribution in [3.05, 3.63) is 96.2 Å². The number of nitrogens with one attached hydrogen (secondary N) is 2. The monoisotopic (exact) mass is 478 g/mol. The SMILES string of the molecule is O=C(O)NCCc1cccc(-c2cc(-c3ccccc3)cc(Nc3cc(C(F)(F)F)ccn3)n2)c1. The first kappa shape index (κ1) is 23.7. The molecule has 0 aliphatic rings. The van der Waals surface area contributed by atoms with Crippen LogP contribution in [0.5, 0.6) is 0 Å². The molecule has 2 aromatic heterocycles. The molecule has 0 radical (unpaired) electrons. The molecule has 0 unspecified atom stereocenters. The van der Waals surface area contributed by atoms with Crippen LogP contribution in [0.15, 0.2) is 85.1 Å². The Hall–Kier alpha value is -4.40. The number of halogens is 3. The number of aromatic nitrogens is 2.